The highest BCUT2D eigenvalue weighted by molar-refractivity contribution is 5.78. The van der Waals surface area contributed by atoms with Crippen molar-refractivity contribution in [2.45, 2.75) is 5.92 Å². The molecule has 72 valence electrons. The first-order valence-corrected chi connectivity index (χ1v) is 4.72. The van der Waals surface area contributed by atoms with Gasteiger partial charge in [-0.15, -0.1) is 0 Å². The van der Waals surface area contributed by atoms with E-state index >= 15 is 0 Å². The fourth-order valence-corrected chi connectivity index (χ4v) is 1.73. The van der Waals surface area contributed by atoms with Crippen molar-refractivity contribution in [2.24, 2.45) is 0 Å². The normalized spacial score (nSPS) is 17.2. The minimum atomic E-state index is -0.211. The van der Waals surface area contributed by atoms with Crippen LogP contribution in [0, 0.1) is 5.82 Å². The molecule has 0 radical (unpaired) electrons. The first-order valence-electron chi connectivity index (χ1n) is 4.72. The third kappa shape index (κ3) is 1.13. The molecule has 3 rings (SSSR count). The maximum Gasteiger partial charge on any atom is 0.134 e. The molecule has 2 aromatic rings. The molecule has 1 aliphatic heterocycles. The smallest absolute Gasteiger partial charge is 0.134 e. The van der Waals surface area contributed by atoms with E-state index in [0.29, 0.717) is 5.92 Å². The number of hydrogen-bond acceptors (Lipinski definition) is 2. The Morgan fingerprint density at radius 2 is 2.14 bits per heavy atom. The lowest BCUT2D eigenvalue weighted by atomic mass is 10.0. The highest BCUT2D eigenvalue weighted by Gasteiger charge is 2.22. The fourth-order valence-electron chi connectivity index (χ4n) is 1.73. The maximum atomic E-state index is 12.9. The van der Waals surface area contributed by atoms with Crippen molar-refractivity contribution in [1.29, 1.82) is 0 Å². The molecule has 1 saturated heterocycles. The van der Waals surface area contributed by atoms with E-state index in [1.165, 1.54) is 12.1 Å². The fraction of sp³-hybridized carbons (Fsp3) is 0.273. The monoisotopic (exact) mass is 191 g/mol. The summed E-state index contributed by atoms with van der Waals surface area (Å²) in [6, 6.07) is 6.55. The molecular weight excluding hydrogens is 181 g/mol. The van der Waals surface area contributed by atoms with E-state index in [1.54, 1.807) is 6.07 Å². The second kappa shape index (κ2) is 2.82. The quantitative estimate of drug-likeness (QED) is 0.747. The predicted molar refractivity (Wildman–Crippen MR) is 51.8 cm³/mol. The van der Waals surface area contributed by atoms with E-state index in [4.69, 9.17) is 4.42 Å². The Morgan fingerprint density at radius 3 is 2.86 bits per heavy atom. The van der Waals surface area contributed by atoms with Crippen molar-refractivity contribution >= 4 is 11.0 Å². The van der Waals surface area contributed by atoms with Gasteiger partial charge in [0.25, 0.3) is 0 Å². The van der Waals surface area contributed by atoms with Gasteiger partial charge in [-0.25, -0.2) is 4.39 Å². The van der Waals surface area contributed by atoms with Crippen molar-refractivity contribution in [2.75, 3.05) is 13.1 Å². The van der Waals surface area contributed by atoms with E-state index in [2.05, 4.69) is 5.32 Å². The first kappa shape index (κ1) is 8.00. The number of rotatable bonds is 1. The molecule has 0 unspecified atom stereocenters. The Kier molecular flexibility index (Phi) is 1.61. The molecule has 1 aromatic heterocycles. The van der Waals surface area contributed by atoms with Crippen LogP contribution in [0.15, 0.2) is 28.7 Å². The topological polar surface area (TPSA) is 25.2 Å². The van der Waals surface area contributed by atoms with Crippen LogP contribution in [-0.2, 0) is 0 Å². The number of hydrogen-bond donors (Lipinski definition) is 1. The van der Waals surface area contributed by atoms with Gasteiger partial charge in [0.1, 0.15) is 17.2 Å². The largest absolute Gasteiger partial charge is 0.461 e. The van der Waals surface area contributed by atoms with Crippen molar-refractivity contribution < 1.29 is 8.81 Å². The van der Waals surface area contributed by atoms with Gasteiger partial charge in [-0.1, -0.05) is 0 Å². The van der Waals surface area contributed by atoms with Gasteiger partial charge in [-0.05, 0) is 24.3 Å². The Balaban J connectivity index is 2.10. The van der Waals surface area contributed by atoms with E-state index in [9.17, 15) is 4.39 Å². The average molecular weight is 191 g/mol. The average Bonchev–Trinajstić information content (AvgIpc) is 2.43. The summed E-state index contributed by atoms with van der Waals surface area (Å²) in [7, 11) is 0. The zero-order chi connectivity index (χ0) is 9.54. The van der Waals surface area contributed by atoms with Gasteiger partial charge in [0.15, 0.2) is 0 Å². The van der Waals surface area contributed by atoms with Gasteiger partial charge in [0, 0.05) is 24.4 Å². The summed E-state index contributed by atoms with van der Waals surface area (Å²) in [4.78, 5) is 0. The van der Waals surface area contributed by atoms with Gasteiger partial charge in [-0.2, -0.15) is 0 Å². The van der Waals surface area contributed by atoms with Gasteiger partial charge in [0.2, 0.25) is 0 Å². The Labute approximate surface area is 80.7 Å². The third-order valence-corrected chi connectivity index (χ3v) is 2.68. The zero-order valence-electron chi connectivity index (χ0n) is 7.59. The van der Waals surface area contributed by atoms with Gasteiger partial charge in [-0.3, -0.25) is 0 Å². The second-order valence-corrected chi connectivity index (χ2v) is 3.69. The summed E-state index contributed by atoms with van der Waals surface area (Å²) >= 11 is 0. The van der Waals surface area contributed by atoms with E-state index in [0.717, 1.165) is 29.8 Å². The lowest BCUT2D eigenvalue weighted by Gasteiger charge is -2.24. The van der Waals surface area contributed by atoms with Gasteiger partial charge >= 0.3 is 0 Å². The van der Waals surface area contributed by atoms with Crippen LogP contribution in [0.5, 0.6) is 0 Å². The molecule has 0 aliphatic carbocycles. The summed E-state index contributed by atoms with van der Waals surface area (Å²) < 4.78 is 18.5. The lowest BCUT2D eigenvalue weighted by molar-refractivity contribution is 0.380. The number of furan rings is 1. The summed E-state index contributed by atoms with van der Waals surface area (Å²) in [6.07, 6.45) is 0. The van der Waals surface area contributed by atoms with Crippen LogP contribution in [0.2, 0.25) is 0 Å². The van der Waals surface area contributed by atoms with Crippen LogP contribution in [0.3, 0.4) is 0 Å². The molecule has 14 heavy (non-hydrogen) atoms. The SMILES string of the molecule is Fc1ccc2oc(C3CNC3)cc2c1. The molecule has 1 fully saturated rings. The zero-order valence-corrected chi connectivity index (χ0v) is 7.59. The number of nitrogens with one attached hydrogen (secondary N) is 1. The molecule has 1 N–H and O–H groups in total. The summed E-state index contributed by atoms with van der Waals surface area (Å²) in [5.74, 6) is 1.21. The van der Waals surface area contributed by atoms with Crippen LogP contribution < -0.4 is 5.32 Å². The van der Waals surface area contributed by atoms with Crippen molar-refractivity contribution in [1.82, 2.24) is 5.32 Å². The van der Waals surface area contributed by atoms with Crippen molar-refractivity contribution in [3.63, 3.8) is 0 Å². The second-order valence-electron chi connectivity index (χ2n) is 3.69. The molecule has 0 atom stereocenters. The minimum Gasteiger partial charge on any atom is -0.461 e. The number of benzene rings is 1. The van der Waals surface area contributed by atoms with Crippen LogP contribution in [0.25, 0.3) is 11.0 Å². The lowest BCUT2D eigenvalue weighted by Crippen LogP contribution is -2.39. The van der Waals surface area contributed by atoms with Crippen LogP contribution in [0.4, 0.5) is 4.39 Å². The molecule has 0 amide bonds. The molecule has 0 spiro atoms. The Hall–Kier alpha value is -1.35. The van der Waals surface area contributed by atoms with Crippen LogP contribution >= 0.6 is 0 Å². The van der Waals surface area contributed by atoms with E-state index < -0.39 is 0 Å². The third-order valence-electron chi connectivity index (χ3n) is 2.68. The Morgan fingerprint density at radius 1 is 1.29 bits per heavy atom. The van der Waals surface area contributed by atoms with Crippen LogP contribution in [0.1, 0.15) is 11.7 Å². The molecule has 1 aliphatic rings. The highest BCUT2D eigenvalue weighted by atomic mass is 19.1. The standard InChI is InChI=1S/C11H10FNO/c12-9-1-2-10-7(3-9)4-11(14-10)8-5-13-6-8/h1-4,8,13H,5-6H2. The van der Waals surface area contributed by atoms with Gasteiger partial charge in [0.05, 0.1) is 0 Å². The Bertz CT molecular complexity index is 473. The summed E-state index contributed by atoms with van der Waals surface area (Å²) in [6.45, 7) is 1.92. The number of halogens is 1. The van der Waals surface area contributed by atoms with E-state index in [-0.39, 0.29) is 5.82 Å². The van der Waals surface area contributed by atoms with Crippen LogP contribution in [-0.4, -0.2) is 13.1 Å². The summed E-state index contributed by atoms with van der Waals surface area (Å²) in [5, 5.41) is 4.03. The molecule has 0 bridgehead atoms. The van der Waals surface area contributed by atoms with Gasteiger partial charge < -0.3 is 9.73 Å². The first-order chi connectivity index (χ1) is 6.83. The molecular formula is C11H10FNO. The van der Waals surface area contributed by atoms with Crippen molar-refractivity contribution in [3.8, 4) is 0 Å². The molecule has 3 heteroatoms. The molecule has 2 heterocycles. The van der Waals surface area contributed by atoms with E-state index in [1.807, 2.05) is 6.07 Å². The molecule has 2 nitrogen and oxygen atoms in total. The highest BCUT2D eigenvalue weighted by Crippen LogP contribution is 2.27. The maximum absolute atomic E-state index is 12.9. The molecule has 0 saturated carbocycles. The molecule has 1 aromatic carbocycles. The van der Waals surface area contributed by atoms with Crippen molar-refractivity contribution in [3.05, 3.63) is 35.8 Å². The predicted octanol–water partition coefficient (Wildman–Crippen LogP) is 2.26. The number of fused-ring (bicyclic) bond motifs is 1. The minimum absolute atomic E-state index is 0.211. The summed E-state index contributed by atoms with van der Waals surface area (Å²) in [5.41, 5.74) is 0.772.